The molecule has 0 atom stereocenters. The van der Waals surface area contributed by atoms with E-state index in [0.29, 0.717) is 5.92 Å². The number of rotatable bonds is 7. The zero-order chi connectivity index (χ0) is 17.6. The van der Waals surface area contributed by atoms with Gasteiger partial charge in [0.05, 0.1) is 6.61 Å². The molecule has 0 heterocycles. The molecule has 0 amide bonds. The third-order valence-electron chi connectivity index (χ3n) is 4.13. The first-order valence-electron chi connectivity index (χ1n) is 8.91. The zero-order valence-electron chi connectivity index (χ0n) is 15.7. The smallest absolute Gasteiger partial charge is 0.119 e. The van der Waals surface area contributed by atoms with Gasteiger partial charge in [-0.25, -0.2) is 0 Å². The summed E-state index contributed by atoms with van der Waals surface area (Å²) in [6.07, 6.45) is 1.09. The molecule has 2 aromatic carbocycles. The molecule has 0 unspecified atom stereocenters. The van der Waals surface area contributed by atoms with Crippen molar-refractivity contribution in [3.05, 3.63) is 59.7 Å². The first kappa shape index (κ1) is 18.4. The molecule has 0 fully saturated rings. The maximum Gasteiger partial charge on any atom is 0.119 e. The van der Waals surface area contributed by atoms with Crippen molar-refractivity contribution in [2.24, 2.45) is 5.92 Å². The lowest BCUT2D eigenvalue weighted by molar-refractivity contribution is 0.289. The Morgan fingerprint density at radius 2 is 1.54 bits per heavy atom. The maximum absolute atomic E-state index is 5.75. The summed E-state index contributed by atoms with van der Waals surface area (Å²) in [5.41, 5.74) is 3.98. The molecule has 2 rings (SSSR count). The van der Waals surface area contributed by atoms with Crippen molar-refractivity contribution in [3.8, 4) is 5.75 Å². The van der Waals surface area contributed by atoms with Crippen LogP contribution in [-0.4, -0.2) is 6.61 Å². The number of ether oxygens (including phenoxy) is 1. The van der Waals surface area contributed by atoms with E-state index in [-0.39, 0.29) is 5.41 Å². The second kappa shape index (κ2) is 8.23. The van der Waals surface area contributed by atoms with Crippen molar-refractivity contribution in [2.45, 2.75) is 53.0 Å². The lowest BCUT2D eigenvalue weighted by Gasteiger charge is -2.19. The van der Waals surface area contributed by atoms with E-state index in [1.54, 1.807) is 0 Å². The second-order valence-electron chi connectivity index (χ2n) is 7.86. The molecule has 2 aromatic rings. The third kappa shape index (κ3) is 5.92. The lowest BCUT2D eigenvalue weighted by atomic mass is 9.87. The van der Waals surface area contributed by atoms with E-state index >= 15 is 0 Å². The summed E-state index contributed by atoms with van der Waals surface area (Å²) in [6.45, 7) is 12.8. The Labute approximate surface area is 147 Å². The summed E-state index contributed by atoms with van der Waals surface area (Å²) in [5, 5.41) is 3.47. The SMILES string of the molecule is CC(C)CCOc1ccc(NCc2ccc(C(C)(C)C)cc2)cc1. The highest BCUT2D eigenvalue weighted by molar-refractivity contribution is 5.47. The van der Waals surface area contributed by atoms with Gasteiger partial charge >= 0.3 is 0 Å². The van der Waals surface area contributed by atoms with Crippen LogP contribution in [0, 0.1) is 5.92 Å². The molecule has 0 radical (unpaired) electrons. The topological polar surface area (TPSA) is 21.3 Å². The van der Waals surface area contributed by atoms with Crippen LogP contribution < -0.4 is 10.1 Å². The van der Waals surface area contributed by atoms with Gasteiger partial charge in [-0.3, -0.25) is 0 Å². The Balaban J connectivity index is 1.83. The molecule has 0 aliphatic rings. The van der Waals surface area contributed by atoms with Crippen LogP contribution >= 0.6 is 0 Å². The molecule has 0 saturated carbocycles. The molecular formula is C22H31NO. The average molecular weight is 325 g/mol. The zero-order valence-corrected chi connectivity index (χ0v) is 15.7. The number of nitrogens with one attached hydrogen (secondary N) is 1. The van der Waals surface area contributed by atoms with Gasteiger partial charge in [0, 0.05) is 12.2 Å². The van der Waals surface area contributed by atoms with Gasteiger partial charge in [-0.1, -0.05) is 58.9 Å². The highest BCUT2D eigenvalue weighted by Gasteiger charge is 2.12. The first-order valence-corrected chi connectivity index (χ1v) is 8.91. The normalized spacial score (nSPS) is 11.6. The maximum atomic E-state index is 5.75. The van der Waals surface area contributed by atoms with Gasteiger partial charge < -0.3 is 10.1 Å². The van der Waals surface area contributed by atoms with Gasteiger partial charge in [0.1, 0.15) is 5.75 Å². The van der Waals surface area contributed by atoms with Crippen LogP contribution in [0.3, 0.4) is 0 Å². The van der Waals surface area contributed by atoms with E-state index in [9.17, 15) is 0 Å². The summed E-state index contributed by atoms with van der Waals surface area (Å²) in [4.78, 5) is 0. The summed E-state index contributed by atoms with van der Waals surface area (Å²) in [7, 11) is 0. The molecule has 130 valence electrons. The van der Waals surface area contributed by atoms with Crippen molar-refractivity contribution in [3.63, 3.8) is 0 Å². The molecule has 0 spiro atoms. The van der Waals surface area contributed by atoms with Crippen LogP contribution in [0.1, 0.15) is 52.2 Å². The van der Waals surface area contributed by atoms with Crippen molar-refractivity contribution in [2.75, 3.05) is 11.9 Å². The number of hydrogen-bond donors (Lipinski definition) is 1. The molecule has 2 nitrogen and oxygen atoms in total. The molecule has 1 N–H and O–H groups in total. The molecular weight excluding hydrogens is 294 g/mol. The standard InChI is InChI=1S/C22H31NO/c1-17(2)14-15-24-21-12-10-20(11-13-21)23-16-18-6-8-19(9-7-18)22(3,4)5/h6-13,17,23H,14-16H2,1-5H3. The highest BCUT2D eigenvalue weighted by atomic mass is 16.5. The predicted molar refractivity (Wildman–Crippen MR) is 104 cm³/mol. The average Bonchev–Trinajstić information content (AvgIpc) is 2.53. The third-order valence-corrected chi connectivity index (χ3v) is 4.13. The van der Waals surface area contributed by atoms with Crippen LogP contribution in [0.2, 0.25) is 0 Å². The monoisotopic (exact) mass is 325 g/mol. The van der Waals surface area contributed by atoms with E-state index in [4.69, 9.17) is 4.74 Å². The van der Waals surface area contributed by atoms with Gasteiger partial charge in [0.2, 0.25) is 0 Å². The molecule has 0 aliphatic carbocycles. The van der Waals surface area contributed by atoms with Crippen molar-refractivity contribution < 1.29 is 4.74 Å². The Kier molecular flexibility index (Phi) is 6.30. The summed E-state index contributed by atoms with van der Waals surface area (Å²) >= 11 is 0. The number of anilines is 1. The van der Waals surface area contributed by atoms with Gasteiger partial charge in [-0.05, 0) is 53.1 Å². The molecule has 0 saturated heterocycles. The highest BCUT2D eigenvalue weighted by Crippen LogP contribution is 2.22. The summed E-state index contributed by atoms with van der Waals surface area (Å²) in [5.74, 6) is 1.62. The van der Waals surface area contributed by atoms with Gasteiger partial charge in [0.15, 0.2) is 0 Å². The van der Waals surface area contributed by atoms with E-state index in [0.717, 1.165) is 31.0 Å². The molecule has 0 bridgehead atoms. The number of hydrogen-bond acceptors (Lipinski definition) is 2. The first-order chi connectivity index (χ1) is 11.3. The second-order valence-corrected chi connectivity index (χ2v) is 7.86. The molecule has 0 aliphatic heterocycles. The van der Waals surface area contributed by atoms with E-state index in [1.807, 2.05) is 12.1 Å². The minimum Gasteiger partial charge on any atom is -0.494 e. The Morgan fingerprint density at radius 3 is 2.08 bits per heavy atom. The van der Waals surface area contributed by atoms with Crippen LogP contribution in [0.25, 0.3) is 0 Å². The predicted octanol–water partition coefficient (Wildman–Crippen LogP) is 6.02. The van der Waals surface area contributed by atoms with Gasteiger partial charge in [0.25, 0.3) is 0 Å². The van der Waals surface area contributed by atoms with E-state index in [1.165, 1.54) is 11.1 Å². The molecule has 2 heteroatoms. The summed E-state index contributed by atoms with van der Waals surface area (Å²) < 4.78 is 5.75. The Hall–Kier alpha value is -1.96. The quantitative estimate of drug-likeness (QED) is 0.672. The minimum atomic E-state index is 0.206. The fourth-order valence-corrected chi connectivity index (χ4v) is 2.41. The molecule has 24 heavy (non-hydrogen) atoms. The van der Waals surface area contributed by atoms with Gasteiger partial charge in [-0.15, -0.1) is 0 Å². The van der Waals surface area contributed by atoms with Crippen LogP contribution in [0.5, 0.6) is 5.75 Å². The lowest BCUT2D eigenvalue weighted by Crippen LogP contribution is -2.11. The molecule has 0 aromatic heterocycles. The fraction of sp³-hybridized carbons (Fsp3) is 0.455. The van der Waals surface area contributed by atoms with Crippen LogP contribution in [-0.2, 0) is 12.0 Å². The van der Waals surface area contributed by atoms with E-state index < -0.39 is 0 Å². The summed E-state index contributed by atoms with van der Waals surface area (Å²) in [6, 6.07) is 17.1. The Morgan fingerprint density at radius 1 is 0.917 bits per heavy atom. The van der Waals surface area contributed by atoms with Crippen LogP contribution in [0.4, 0.5) is 5.69 Å². The Bertz CT molecular complexity index is 606. The largest absolute Gasteiger partial charge is 0.494 e. The fourth-order valence-electron chi connectivity index (χ4n) is 2.41. The van der Waals surface area contributed by atoms with Gasteiger partial charge in [-0.2, -0.15) is 0 Å². The van der Waals surface area contributed by atoms with Crippen molar-refractivity contribution in [1.82, 2.24) is 0 Å². The van der Waals surface area contributed by atoms with Crippen molar-refractivity contribution >= 4 is 5.69 Å². The van der Waals surface area contributed by atoms with E-state index in [2.05, 4.69) is 76.3 Å². The minimum absolute atomic E-state index is 0.206. The van der Waals surface area contributed by atoms with Crippen LogP contribution in [0.15, 0.2) is 48.5 Å². The van der Waals surface area contributed by atoms with Crippen molar-refractivity contribution in [1.29, 1.82) is 0 Å². The number of benzene rings is 2.